The average Bonchev–Trinajstić information content (AvgIpc) is 2.96. The van der Waals surface area contributed by atoms with Crippen LogP contribution in [-0.2, 0) is 0 Å². The molecule has 0 saturated carbocycles. The van der Waals surface area contributed by atoms with Gasteiger partial charge in [0.15, 0.2) is 0 Å². The lowest BCUT2D eigenvalue weighted by atomic mass is 10.1. The number of aromatic amines is 1. The molecule has 1 aromatic heterocycles. The minimum Gasteiger partial charge on any atom is -0.506 e. The Morgan fingerprint density at radius 2 is 2.16 bits per heavy atom. The van der Waals surface area contributed by atoms with E-state index in [2.05, 4.69) is 25.9 Å². The lowest BCUT2D eigenvalue weighted by molar-refractivity contribution is 0.478. The molecule has 0 radical (unpaired) electrons. The number of aromatic nitrogens is 4. The number of benzene rings is 1. The maximum atomic E-state index is 9.67. The van der Waals surface area contributed by atoms with Crippen molar-refractivity contribution in [3.05, 3.63) is 30.0 Å². The van der Waals surface area contributed by atoms with Crippen LogP contribution >= 0.6 is 0 Å². The number of tetrazole rings is 1. The van der Waals surface area contributed by atoms with E-state index >= 15 is 0 Å². The van der Waals surface area contributed by atoms with Crippen LogP contribution in [0.1, 0.15) is 0 Å². The molecule has 0 bridgehead atoms. The second kappa shape index (κ2) is 5.29. The SMILES string of the molecule is N#CC(C#N)=CNc1cc(-c2nn[nH]n2)ccc1O. The molecule has 1 aromatic carbocycles. The first kappa shape index (κ1) is 12.1. The van der Waals surface area contributed by atoms with Crippen LogP contribution < -0.4 is 5.32 Å². The Hall–Kier alpha value is -3.39. The number of nitrogens with zero attached hydrogens (tertiary/aromatic N) is 5. The summed E-state index contributed by atoms with van der Waals surface area (Å²) in [6.45, 7) is 0. The number of hydrogen-bond donors (Lipinski definition) is 3. The fourth-order valence-corrected chi connectivity index (χ4v) is 1.31. The smallest absolute Gasteiger partial charge is 0.204 e. The number of nitrogens with one attached hydrogen (secondary N) is 2. The van der Waals surface area contributed by atoms with Crippen molar-refractivity contribution in [1.82, 2.24) is 20.6 Å². The van der Waals surface area contributed by atoms with Crippen molar-refractivity contribution in [3.63, 3.8) is 0 Å². The Morgan fingerprint density at radius 3 is 2.79 bits per heavy atom. The molecule has 0 amide bonds. The van der Waals surface area contributed by atoms with Crippen molar-refractivity contribution >= 4 is 5.69 Å². The van der Waals surface area contributed by atoms with E-state index in [1.165, 1.54) is 12.3 Å². The van der Waals surface area contributed by atoms with Gasteiger partial charge in [0.05, 0.1) is 5.69 Å². The normalized spacial score (nSPS) is 9.16. The van der Waals surface area contributed by atoms with Crippen LogP contribution in [-0.4, -0.2) is 25.7 Å². The summed E-state index contributed by atoms with van der Waals surface area (Å²) < 4.78 is 0. The van der Waals surface area contributed by atoms with E-state index in [1.807, 2.05) is 0 Å². The van der Waals surface area contributed by atoms with Crippen molar-refractivity contribution in [2.75, 3.05) is 5.32 Å². The average molecular weight is 253 g/mol. The molecule has 19 heavy (non-hydrogen) atoms. The minimum absolute atomic E-state index is 0.0290. The summed E-state index contributed by atoms with van der Waals surface area (Å²) in [7, 11) is 0. The molecule has 3 N–H and O–H groups in total. The van der Waals surface area contributed by atoms with Gasteiger partial charge in [-0.1, -0.05) is 0 Å². The van der Waals surface area contributed by atoms with E-state index < -0.39 is 0 Å². The van der Waals surface area contributed by atoms with Gasteiger partial charge in [0.2, 0.25) is 5.82 Å². The molecule has 1 heterocycles. The number of phenolic OH excluding ortho intramolecular Hbond substituents is 1. The molecule has 92 valence electrons. The van der Waals surface area contributed by atoms with Gasteiger partial charge in [-0.3, -0.25) is 0 Å². The molecule has 8 nitrogen and oxygen atoms in total. The third-order valence-corrected chi connectivity index (χ3v) is 2.21. The largest absolute Gasteiger partial charge is 0.506 e. The lowest BCUT2D eigenvalue weighted by Crippen LogP contribution is -1.92. The summed E-state index contributed by atoms with van der Waals surface area (Å²) in [4.78, 5) is 0. The summed E-state index contributed by atoms with van der Waals surface area (Å²) in [5.74, 6) is 0.339. The highest BCUT2D eigenvalue weighted by atomic mass is 16.3. The molecule has 8 heteroatoms. The number of H-pyrrole nitrogens is 1. The van der Waals surface area contributed by atoms with Crippen LogP contribution in [0.25, 0.3) is 11.4 Å². The Labute approximate surface area is 107 Å². The van der Waals surface area contributed by atoms with Gasteiger partial charge in [-0.05, 0) is 23.4 Å². The lowest BCUT2D eigenvalue weighted by Gasteiger charge is -2.05. The number of rotatable bonds is 3. The summed E-state index contributed by atoms with van der Waals surface area (Å²) >= 11 is 0. The van der Waals surface area contributed by atoms with Crippen molar-refractivity contribution in [2.24, 2.45) is 0 Å². The zero-order valence-corrected chi connectivity index (χ0v) is 9.49. The van der Waals surface area contributed by atoms with Crippen LogP contribution in [0, 0.1) is 22.7 Å². The summed E-state index contributed by atoms with van der Waals surface area (Å²) in [6.07, 6.45) is 1.20. The van der Waals surface area contributed by atoms with Gasteiger partial charge >= 0.3 is 0 Å². The van der Waals surface area contributed by atoms with Crippen molar-refractivity contribution in [1.29, 1.82) is 10.5 Å². The Kier molecular flexibility index (Phi) is 3.36. The van der Waals surface area contributed by atoms with Gasteiger partial charge < -0.3 is 10.4 Å². The third-order valence-electron chi connectivity index (χ3n) is 2.21. The van der Waals surface area contributed by atoms with E-state index in [0.717, 1.165) is 0 Å². The van der Waals surface area contributed by atoms with Gasteiger partial charge in [0.25, 0.3) is 0 Å². The molecular formula is C11H7N7O. The highest BCUT2D eigenvalue weighted by Crippen LogP contribution is 2.28. The van der Waals surface area contributed by atoms with E-state index in [-0.39, 0.29) is 11.3 Å². The molecule has 2 rings (SSSR count). The highest BCUT2D eigenvalue weighted by Gasteiger charge is 2.07. The molecule has 0 aliphatic carbocycles. The fraction of sp³-hybridized carbons (Fsp3) is 0. The van der Waals surface area contributed by atoms with Crippen LogP contribution in [0.2, 0.25) is 0 Å². The van der Waals surface area contributed by atoms with Crippen molar-refractivity contribution in [2.45, 2.75) is 0 Å². The van der Waals surface area contributed by atoms with Gasteiger partial charge in [-0.15, -0.1) is 10.2 Å². The number of hydrogen-bond acceptors (Lipinski definition) is 7. The van der Waals surface area contributed by atoms with E-state index in [4.69, 9.17) is 10.5 Å². The second-order valence-corrected chi connectivity index (χ2v) is 3.39. The first-order valence-electron chi connectivity index (χ1n) is 5.08. The number of allylic oxidation sites excluding steroid dienone is 1. The molecule has 0 aliphatic rings. The van der Waals surface area contributed by atoms with Gasteiger partial charge in [0, 0.05) is 11.8 Å². The molecule has 0 aliphatic heterocycles. The minimum atomic E-state index is -0.107. The number of nitriles is 2. The van der Waals surface area contributed by atoms with Crippen LogP contribution in [0.3, 0.4) is 0 Å². The topological polar surface area (TPSA) is 134 Å². The van der Waals surface area contributed by atoms with Gasteiger partial charge in [-0.25, -0.2) is 0 Å². The highest BCUT2D eigenvalue weighted by molar-refractivity contribution is 5.68. The quantitative estimate of drug-likeness (QED) is 0.546. The number of aromatic hydroxyl groups is 1. The van der Waals surface area contributed by atoms with E-state index in [0.29, 0.717) is 17.1 Å². The Bertz CT molecular complexity index is 675. The predicted molar refractivity (Wildman–Crippen MR) is 64.2 cm³/mol. The molecule has 0 atom stereocenters. The zero-order valence-electron chi connectivity index (χ0n) is 9.49. The van der Waals surface area contributed by atoms with Gasteiger partial charge in [-0.2, -0.15) is 15.7 Å². The maximum Gasteiger partial charge on any atom is 0.204 e. The van der Waals surface area contributed by atoms with Crippen LogP contribution in [0.4, 0.5) is 5.69 Å². The molecule has 0 fully saturated rings. The fourth-order valence-electron chi connectivity index (χ4n) is 1.31. The Balaban J connectivity index is 2.32. The summed E-state index contributed by atoms with van der Waals surface area (Å²) in [6, 6.07) is 8.03. The van der Waals surface area contributed by atoms with Crippen molar-refractivity contribution < 1.29 is 5.11 Å². The predicted octanol–water partition coefficient (Wildman–Crippen LogP) is 0.915. The maximum absolute atomic E-state index is 9.67. The standard InChI is InChI=1S/C11H7N7O/c12-4-7(5-13)6-14-9-3-8(1-2-10(9)19)11-15-17-18-16-11/h1-3,6,14,19H,(H,15,16,17,18). The van der Waals surface area contributed by atoms with Gasteiger partial charge in [0.1, 0.15) is 23.5 Å². The molecule has 2 aromatic rings. The molecule has 0 unspecified atom stereocenters. The number of anilines is 1. The third kappa shape index (κ3) is 2.65. The molecular weight excluding hydrogens is 246 g/mol. The summed E-state index contributed by atoms with van der Waals surface area (Å²) in [5, 5.41) is 42.9. The van der Waals surface area contributed by atoms with E-state index in [1.54, 1.807) is 24.3 Å². The van der Waals surface area contributed by atoms with Crippen LogP contribution in [0.15, 0.2) is 30.0 Å². The van der Waals surface area contributed by atoms with E-state index in [9.17, 15) is 5.11 Å². The second-order valence-electron chi connectivity index (χ2n) is 3.39. The van der Waals surface area contributed by atoms with Crippen molar-refractivity contribution in [3.8, 4) is 29.3 Å². The van der Waals surface area contributed by atoms with Crippen LogP contribution in [0.5, 0.6) is 5.75 Å². The summed E-state index contributed by atoms with van der Waals surface area (Å²) in [5.41, 5.74) is 0.840. The molecule has 0 spiro atoms. The monoisotopic (exact) mass is 253 g/mol. The first-order valence-corrected chi connectivity index (χ1v) is 5.08. The Morgan fingerprint density at radius 1 is 1.37 bits per heavy atom. The number of phenols is 1. The zero-order chi connectivity index (χ0) is 13.7. The first-order chi connectivity index (χ1) is 9.24. The molecule has 0 saturated heterocycles.